The lowest BCUT2D eigenvalue weighted by molar-refractivity contribution is -0.116. The van der Waals surface area contributed by atoms with Crippen LogP contribution in [0.15, 0.2) is 16.9 Å². The zero-order valence-corrected chi connectivity index (χ0v) is 8.49. The quantitative estimate of drug-likeness (QED) is 0.737. The molecule has 0 atom stereocenters. The molecule has 0 amide bonds. The molecule has 0 saturated carbocycles. The molecule has 13 heavy (non-hydrogen) atoms. The minimum Gasteiger partial charge on any atom is -0.333 e. The largest absolute Gasteiger partial charge is 0.333 e. The fourth-order valence-corrected chi connectivity index (χ4v) is 1.47. The van der Waals surface area contributed by atoms with Crippen LogP contribution in [-0.4, -0.2) is 28.8 Å². The number of nitrogens with zero attached hydrogens (tertiary/aromatic N) is 3. The SMILES string of the molecule is O=C1CCN(c2ncc(Br)cn2)C1. The molecule has 0 bridgehead atoms. The fourth-order valence-electron chi connectivity index (χ4n) is 1.27. The Hall–Kier alpha value is -0.970. The molecule has 1 aliphatic heterocycles. The van der Waals surface area contributed by atoms with Crippen LogP contribution in [0.25, 0.3) is 0 Å². The smallest absolute Gasteiger partial charge is 0.225 e. The van der Waals surface area contributed by atoms with Crippen LogP contribution in [-0.2, 0) is 4.79 Å². The molecule has 1 fully saturated rings. The summed E-state index contributed by atoms with van der Waals surface area (Å²) in [6.07, 6.45) is 3.98. The van der Waals surface area contributed by atoms with Crippen molar-refractivity contribution >= 4 is 27.7 Å². The summed E-state index contributed by atoms with van der Waals surface area (Å²) in [7, 11) is 0. The molecule has 1 saturated heterocycles. The van der Waals surface area contributed by atoms with Gasteiger partial charge in [0, 0.05) is 25.4 Å². The van der Waals surface area contributed by atoms with Crippen LogP contribution in [0, 0.1) is 0 Å². The molecule has 2 rings (SSSR count). The van der Waals surface area contributed by atoms with Crippen molar-refractivity contribution < 1.29 is 4.79 Å². The van der Waals surface area contributed by atoms with Gasteiger partial charge in [-0.25, -0.2) is 9.97 Å². The van der Waals surface area contributed by atoms with E-state index in [1.807, 2.05) is 4.90 Å². The number of Topliss-reactive ketones (excluding diaryl/α,β-unsaturated/α-hetero) is 1. The van der Waals surface area contributed by atoms with Crippen molar-refractivity contribution in [1.29, 1.82) is 0 Å². The van der Waals surface area contributed by atoms with E-state index >= 15 is 0 Å². The van der Waals surface area contributed by atoms with Gasteiger partial charge in [0.2, 0.25) is 5.95 Å². The van der Waals surface area contributed by atoms with E-state index in [-0.39, 0.29) is 5.78 Å². The minimum absolute atomic E-state index is 0.256. The van der Waals surface area contributed by atoms with Gasteiger partial charge in [-0.15, -0.1) is 0 Å². The Bertz CT molecular complexity index is 325. The molecular formula is C8H8BrN3O. The van der Waals surface area contributed by atoms with E-state index in [1.54, 1.807) is 12.4 Å². The highest BCUT2D eigenvalue weighted by atomic mass is 79.9. The predicted molar refractivity (Wildman–Crippen MR) is 51.6 cm³/mol. The summed E-state index contributed by atoms with van der Waals surface area (Å²) in [5.74, 6) is 0.889. The van der Waals surface area contributed by atoms with Crippen LogP contribution in [0.2, 0.25) is 0 Å². The van der Waals surface area contributed by atoms with Gasteiger partial charge in [-0.1, -0.05) is 0 Å². The lowest BCUT2D eigenvalue weighted by Gasteiger charge is -2.12. The number of hydrogen-bond donors (Lipinski definition) is 0. The maximum absolute atomic E-state index is 11.0. The third kappa shape index (κ3) is 1.85. The van der Waals surface area contributed by atoms with Gasteiger partial charge in [-0.05, 0) is 15.9 Å². The number of hydrogen-bond acceptors (Lipinski definition) is 4. The van der Waals surface area contributed by atoms with Crippen molar-refractivity contribution in [3.8, 4) is 0 Å². The maximum atomic E-state index is 11.0. The first-order valence-corrected chi connectivity index (χ1v) is 4.79. The van der Waals surface area contributed by atoms with Crippen molar-refractivity contribution in [1.82, 2.24) is 9.97 Å². The molecule has 0 spiro atoms. The topological polar surface area (TPSA) is 46.1 Å². The van der Waals surface area contributed by atoms with Gasteiger partial charge in [0.05, 0.1) is 11.0 Å². The third-order valence-corrected chi connectivity index (χ3v) is 2.33. The number of carbonyl (C=O) groups is 1. The molecule has 4 nitrogen and oxygen atoms in total. The van der Waals surface area contributed by atoms with E-state index in [9.17, 15) is 4.79 Å². The molecule has 68 valence electrons. The molecule has 0 aliphatic carbocycles. The highest BCUT2D eigenvalue weighted by molar-refractivity contribution is 9.10. The Labute approximate surface area is 84.1 Å². The molecule has 5 heteroatoms. The maximum Gasteiger partial charge on any atom is 0.225 e. The average Bonchev–Trinajstić information content (AvgIpc) is 2.53. The highest BCUT2D eigenvalue weighted by Gasteiger charge is 2.20. The third-order valence-electron chi connectivity index (χ3n) is 1.92. The molecule has 0 unspecified atom stereocenters. The molecule has 1 aliphatic rings. The minimum atomic E-state index is 0.256. The zero-order valence-electron chi connectivity index (χ0n) is 6.90. The van der Waals surface area contributed by atoms with Crippen LogP contribution < -0.4 is 4.90 Å². The molecular weight excluding hydrogens is 234 g/mol. The van der Waals surface area contributed by atoms with Gasteiger partial charge in [0.25, 0.3) is 0 Å². The number of rotatable bonds is 1. The second kappa shape index (κ2) is 3.41. The van der Waals surface area contributed by atoms with E-state index in [0.717, 1.165) is 11.0 Å². The van der Waals surface area contributed by atoms with Crippen molar-refractivity contribution in [3.63, 3.8) is 0 Å². The Morgan fingerprint density at radius 1 is 1.38 bits per heavy atom. The Morgan fingerprint density at radius 2 is 2.08 bits per heavy atom. The summed E-state index contributed by atoms with van der Waals surface area (Å²) in [5.41, 5.74) is 0. The van der Waals surface area contributed by atoms with Crippen LogP contribution in [0.3, 0.4) is 0 Å². The molecule has 0 aromatic carbocycles. The molecule has 0 radical (unpaired) electrons. The van der Waals surface area contributed by atoms with Crippen molar-refractivity contribution in [2.45, 2.75) is 6.42 Å². The van der Waals surface area contributed by atoms with E-state index in [2.05, 4.69) is 25.9 Å². The van der Waals surface area contributed by atoms with Crippen molar-refractivity contribution in [2.24, 2.45) is 0 Å². The van der Waals surface area contributed by atoms with E-state index < -0.39 is 0 Å². The van der Waals surface area contributed by atoms with Gasteiger partial charge in [-0.3, -0.25) is 4.79 Å². The average molecular weight is 242 g/mol. The summed E-state index contributed by atoms with van der Waals surface area (Å²) in [4.78, 5) is 21.1. The second-order valence-corrected chi connectivity index (χ2v) is 3.83. The van der Waals surface area contributed by atoms with E-state index in [4.69, 9.17) is 0 Å². The van der Waals surface area contributed by atoms with Crippen molar-refractivity contribution in [2.75, 3.05) is 18.0 Å². The van der Waals surface area contributed by atoms with E-state index in [0.29, 0.717) is 18.9 Å². The summed E-state index contributed by atoms with van der Waals surface area (Å²) >= 11 is 3.26. The lowest BCUT2D eigenvalue weighted by Crippen LogP contribution is -2.21. The van der Waals surface area contributed by atoms with Crippen LogP contribution in [0.1, 0.15) is 6.42 Å². The number of aromatic nitrogens is 2. The predicted octanol–water partition coefficient (Wildman–Crippen LogP) is 1.02. The van der Waals surface area contributed by atoms with Crippen molar-refractivity contribution in [3.05, 3.63) is 16.9 Å². The first kappa shape index (κ1) is 8.62. The van der Waals surface area contributed by atoms with Gasteiger partial charge in [-0.2, -0.15) is 0 Å². The van der Waals surface area contributed by atoms with Crippen LogP contribution >= 0.6 is 15.9 Å². The summed E-state index contributed by atoms with van der Waals surface area (Å²) in [6, 6.07) is 0. The van der Waals surface area contributed by atoms with Gasteiger partial charge >= 0.3 is 0 Å². The number of carbonyl (C=O) groups excluding carboxylic acids is 1. The van der Waals surface area contributed by atoms with E-state index in [1.165, 1.54) is 0 Å². The Kier molecular flexibility index (Phi) is 2.26. The van der Waals surface area contributed by atoms with Crippen LogP contribution in [0.5, 0.6) is 0 Å². The first-order valence-electron chi connectivity index (χ1n) is 4.00. The first-order chi connectivity index (χ1) is 6.25. The van der Waals surface area contributed by atoms with Gasteiger partial charge in [0.15, 0.2) is 5.78 Å². The number of halogens is 1. The van der Waals surface area contributed by atoms with Gasteiger partial charge < -0.3 is 4.90 Å². The molecule has 1 aromatic heterocycles. The monoisotopic (exact) mass is 241 g/mol. The number of anilines is 1. The Balaban J connectivity index is 2.17. The summed E-state index contributed by atoms with van der Waals surface area (Å²) < 4.78 is 0.849. The fraction of sp³-hybridized carbons (Fsp3) is 0.375. The highest BCUT2D eigenvalue weighted by Crippen LogP contribution is 2.14. The molecule has 2 heterocycles. The number of ketones is 1. The zero-order chi connectivity index (χ0) is 9.26. The lowest BCUT2D eigenvalue weighted by atomic mass is 10.4. The Morgan fingerprint density at radius 3 is 2.62 bits per heavy atom. The van der Waals surface area contributed by atoms with Gasteiger partial charge in [0.1, 0.15) is 0 Å². The summed E-state index contributed by atoms with van der Waals surface area (Å²) in [5, 5.41) is 0. The summed E-state index contributed by atoms with van der Waals surface area (Å²) in [6.45, 7) is 1.18. The second-order valence-electron chi connectivity index (χ2n) is 2.91. The standard InChI is InChI=1S/C8H8BrN3O/c9-6-3-10-8(11-4-6)12-2-1-7(13)5-12/h3-4H,1-2,5H2. The normalized spacial score (nSPS) is 16.7. The van der Waals surface area contributed by atoms with Crippen LogP contribution in [0.4, 0.5) is 5.95 Å². The molecule has 1 aromatic rings. The molecule has 0 N–H and O–H groups in total.